The largest absolute Gasteiger partial charge is 0.504 e. The Bertz CT molecular complexity index is 626. The van der Waals surface area contributed by atoms with Crippen molar-refractivity contribution in [2.45, 2.75) is 20.8 Å². The molecule has 0 radical (unpaired) electrons. The van der Waals surface area contributed by atoms with Crippen molar-refractivity contribution in [3.05, 3.63) is 28.7 Å². The topological polar surface area (TPSA) is 49.8 Å². The number of rotatable bonds is 5. The second-order valence-corrected chi connectivity index (χ2v) is 7.02. The zero-order chi connectivity index (χ0) is 16.3. The Labute approximate surface area is 140 Å². The summed E-state index contributed by atoms with van der Waals surface area (Å²) in [5.41, 5.74) is 0.797. The van der Waals surface area contributed by atoms with Crippen LogP contribution in [0.3, 0.4) is 0 Å². The number of carbonyl (C=O) groups excluding carboxylic acids is 1. The molecule has 1 aliphatic heterocycles. The van der Waals surface area contributed by atoms with Gasteiger partial charge in [0.25, 0.3) is 5.91 Å². The van der Waals surface area contributed by atoms with Crippen LogP contribution in [0.25, 0.3) is 6.08 Å². The number of benzene rings is 1. The van der Waals surface area contributed by atoms with Crippen LogP contribution in [-0.4, -0.2) is 33.4 Å². The number of aromatic hydroxyl groups is 1. The van der Waals surface area contributed by atoms with Crippen LogP contribution in [0.5, 0.6) is 11.5 Å². The standard InChI is InChI=1S/C16H19NO3S2/c1-4-20-13-7-11(5-6-12(13)18)8-14-15(19)17(9-10(2)3)16(21)22-14/h5-8,10,18H,4,9H2,1-3H3/b14-8-. The van der Waals surface area contributed by atoms with E-state index in [2.05, 4.69) is 13.8 Å². The van der Waals surface area contributed by atoms with E-state index in [1.165, 1.54) is 11.8 Å². The molecular formula is C16H19NO3S2. The molecule has 6 heteroatoms. The van der Waals surface area contributed by atoms with E-state index in [0.717, 1.165) is 5.56 Å². The minimum absolute atomic E-state index is 0.0604. The second-order valence-electron chi connectivity index (χ2n) is 5.35. The van der Waals surface area contributed by atoms with Crippen LogP contribution < -0.4 is 4.74 Å². The quantitative estimate of drug-likeness (QED) is 0.656. The number of ether oxygens (including phenoxy) is 1. The summed E-state index contributed by atoms with van der Waals surface area (Å²) in [6, 6.07) is 5.02. The molecule has 1 heterocycles. The Kier molecular flexibility index (Phi) is 5.47. The van der Waals surface area contributed by atoms with E-state index in [9.17, 15) is 9.90 Å². The first kappa shape index (κ1) is 16.8. The van der Waals surface area contributed by atoms with Crippen molar-refractivity contribution < 1.29 is 14.6 Å². The Balaban J connectivity index is 2.25. The summed E-state index contributed by atoms with van der Waals surface area (Å²) in [7, 11) is 0. The SMILES string of the molecule is CCOc1cc(/C=C2\SC(=S)N(CC(C)C)C2=O)ccc1O. The molecule has 0 aromatic heterocycles. The van der Waals surface area contributed by atoms with Crippen LogP contribution >= 0.6 is 24.0 Å². The predicted molar refractivity (Wildman–Crippen MR) is 94.0 cm³/mol. The van der Waals surface area contributed by atoms with E-state index in [0.29, 0.717) is 34.0 Å². The minimum Gasteiger partial charge on any atom is -0.504 e. The third-order valence-electron chi connectivity index (χ3n) is 3.00. The molecule has 1 aromatic carbocycles. The summed E-state index contributed by atoms with van der Waals surface area (Å²) in [4.78, 5) is 14.6. The number of phenolic OH excluding ortho intramolecular Hbond substituents is 1. The van der Waals surface area contributed by atoms with Crippen molar-refractivity contribution in [2.24, 2.45) is 5.92 Å². The molecule has 4 nitrogen and oxygen atoms in total. The van der Waals surface area contributed by atoms with Crippen LogP contribution in [-0.2, 0) is 4.79 Å². The summed E-state index contributed by atoms with van der Waals surface area (Å²) in [6.45, 7) is 7.05. The minimum atomic E-state index is -0.0604. The molecule has 1 N–H and O–H groups in total. The molecule has 0 saturated carbocycles. The van der Waals surface area contributed by atoms with Gasteiger partial charge in [-0.05, 0) is 36.6 Å². The van der Waals surface area contributed by atoms with Crippen molar-refractivity contribution >= 4 is 40.3 Å². The maximum Gasteiger partial charge on any atom is 0.266 e. The van der Waals surface area contributed by atoms with Crippen LogP contribution in [0.1, 0.15) is 26.3 Å². The highest BCUT2D eigenvalue weighted by molar-refractivity contribution is 8.26. The van der Waals surface area contributed by atoms with Crippen LogP contribution in [0.15, 0.2) is 23.1 Å². The fourth-order valence-electron chi connectivity index (χ4n) is 2.07. The summed E-state index contributed by atoms with van der Waals surface area (Å²) in [5.74, 6) is 0.801. The molecule has 0 atom stereocenters. The summed E-state index contributed by atoms with van der Waals surface area (Å²) in [5, 5.41) is 9.72. The number of thiocarbonyl (C=S) groups is 1. The summed E-state index contributed by atoms with van der Waals surface area (Å²) < 4.78 is 5.95. The molecule has 118 valence electrons. The maximum atomic E-state index is 12.4. The van der Waals surface area contributed by atoms with Gasteiger partial charge in [0.05, 0.1) is 11.5 Å². The Morgan fingerprint density at radius 3 is 2.82 bits per heavy atom. The number of carbonyl (C=O) groups is 1. The lowest BCUT2D eigenvalue weighted by Gasteiger charge is -2.16. The normalized spacial score (nSPS) is 16.9. The van der Waals surface area contributed by atoms with Gasteiger partial charge in [0.2, 0.25) is 0 Å². The monoisotopic (exact) mass is 337 g/mol. The van der Waals surface area contributed by atoms with Crippen molar-refractivity contribution in [1.82, 2.24) is 4.90 Å². The van der Waals surface area contributed by atoms with E-state index in [1.807, 2.05) is 6.92 Å². The van der Waals surface area contributed by atoms with Gasteiger partial charge in [0, 0.05) is 6.54 Å². The van der Waals surface area contributed by atoms with Gasteiger partial charge in [-0.15, -0.1) is 0 Å². The van der Waals surface area contributed by atoms with E-state index < -0.39 is 0 Å². The molecule has 2 rings (SSSR count). The number of hydrogen-bond donors (Lipinski definition) is 1. The molecule has 1 saturated heterocycles. The zero-order valence-corrected chi connectivity index (χ0v) is 14.5. The highest BCUT2D eigenvalue weighted by Crippen LogP contribution is 2.34. The van der Waals surface area contributed by atoms with Gasteiger partial charge in [-0.1, -0.05) is 43.9 Å². The van der Waals surface area contributed by atoms with E-state index in [-0.39, 0.29) is 11.7 Å². The second kappa shape index (κ2) is 7.15. The molecule has 0 spiro atoms. The Hall–Kier alpha value is -1.53. The van der Waals surface area contributed by atoms with Crippen molar-refractivity contribution in [1.29, 1.82) is 0 Å². The van der Waals surface area contributed by atoms with Gasteiger partial charge in [-0.2, -0.15) is 0 Å². The van der Waals surface area contributed by atoms with Gasteiger partial charge in [0.15, 0.2) is 11.5 Å². The van der Waals surface area contributed by atoms with Crippen molar-refractivity contribution in [3.8, 4) is 11.5 Å². The zero-order valence-electron chi connectivity index (χ0n) is 12.8. The van der Waals surface area contributed by atoms with Gasteiger partial charge in [-0.3, -0.25) is 9.69 Å². The third kappa shape index (κ3) is 3.81. The van der Waals surface area contributed by atoms with Gasteiger partial charge >= 0.3 is 0 Å². The molecule has 1 fully saturated rings. The maximum absolute atomic E-state index is 12.4. The first-order valence-corrected chi connectivity index (χ1v) is 8.36. The first-order valence-electron chi connectivity index (χ1n) is 7.13. The van der Waals surface area contributed by atoms with Crippen molar-refractivity contribution in [2.75, 3.05) is 13.2 Å². The third-order valence-corrected chi connectivity index (χ3v) is 4.38. The highest BCUT2D eigenvalue weighted by atomic mass is 32.2. The predicted octanol–water partition coefficient (Wildman–Crippen LogP) is 3.65. The summed E-state index contributed by atoms with van der Waals surface area (Å²) >= 11 is 6.59. The van der Waals surface area contributed by atoms with E-state index in [4.69, 9.17) is 17.0 Å². The van der Waals surface area contributed by atoms with Gasteiger partial charge in [-0.25, -0.2) is 0 Å². The molecule has 1 aliphatic rings. The molecular weight excluding hydrogens is 318 g/mol. The van der Waals surface area contributed by atoms with Crippen molar-refractivity contribution in [3.63, 3.8) is 0 Å². The Morgan fingerprint density at radius 2 is 2.18 bits per heavy atom. The van der Waals surface area contributed by atoms with E-state index >= 15 is 0 Å². The molecule has 0 unspecified atom stereocenters. The van der Waals surface area contributed by atoms with Gasteiger partial charge < -0.3 is 9.84 Å². The number of amides is 1. The van der Waals surface area contributed by atoms with Crippen LogP contribution in [0.2, 0.25) is 0 Å². The average molecular weight is 337 g/mol. The van der Waals surface area contributed by atoms with Crippen LogP contribution in [0.4, 0.5) is 0 Å². The fraction of sp³-hybridized carbons (Fsp3) is 0.375. The lowest BCUT2D eigenvalue weighted by atomic mass is 10.1. The molecule has 1 aromatic rings. The van der Waals surface area contributed by atoms with E-state index in [1.54, 1.807) is 29.2 Å². The number of nitrogens with zero attached hydrogens (tertiary/aromatic N) is 1. The highest BCUT2D eigenvalue weighted by Gasteiger charge is 2.32. The molecule has 22 heavy (non-hydrogen) atoms. The van der Waals surface area contributed by atoms with Crippen LogP contribution in [0, 0.1) is 5.92 Å². The molecule has 1 amide bonds. The molecule has 0 aliphatic carbocycles. The number of phenols is 1. The Morgan fingerprint density at radius 1 is 1.45 bits per heavy atom. The average Bonchev–Trinajstić information content (AvgIpc) is 2.70. The number of thioether (sulfide) groups is 1. The fourth-order valence-corrected chi connectivity index (χ4v) is 3.34. The smallest absolute Gasteiger partial charge is 0.266 e. The molecule has 0 bridgehead atoms. The lowest BCUT2D eigenvalue weighted by molar-refractivity contribution is -0.122. The summed E-state index contributed by atoms with van der Waals surface area (Å²) in [6.07, 6.45) is 1.78. The lowest BCUT2D eigenvalue weighted by Crippen LogP contribution is -2.31. The van der Waals surface area contributed by atoms with Gasteiger partial charge in [0.1, 0.15) is 4.32 Å². The number of hydrogen-bond acceptors (Lipinski definition) is 5. The first-order chi connectivity index (χ1) is 10.4.